The number of amides is 1. The summed E-state index contributed by atoms with van der Waals surface area (Å²) < 4.78 is 11.9. The Morgan fingerprint density at radius 3 is 2.41 bits per heavy atom. The minimum atomic E-state index is -1.12. The minimum Gasteiger partial charge on any atom is -0.460 e. The molecule has 1 heterocycles. The van der Waals surface area contributed by atoms with E-state index in [9.17, 15) is 9.59 Å². The van der Waals surface area contributed by atoms with Gasteiger partial charge in [-0.05, 0) is 38.3 Å². The zero-order valence-electron chi connectivity index (χ0n) is 16.1. The molecule has 0 aliphatic carbocycles. The van der Waals surface area contributed by atoms with Gasteiger partial charge in [0.2, 0.25) is 6.10 Å². The van der Waals surface area contributed by atoms with Crippen LogP contribution >= 0.6 is 0 Å². The van der Waals surface area contributed by atoms with Crippen LogP contribution in [0, 0.1) is 0 Å². The lowest BCUT2D eigenvalue weighted by molar-refractivity contribution is -0.158. The third-order valence-corrected chi connectivity index (χ3v) is 3.91. The van der Waals surface area contributed by atoms with Gasteiger partial charge in [0.1, 0.15) is 12.7 Å². The van der Waals surface area contributed by atoms with Gasteiger partial charge in [-0.15, -0.1) is 0 Å². The van der Waals surface area contributed by atoms with E-state index in [0.29, 0.717) is 0 Å². The first-order valence-corrected chi connectivity index (χ1v) is 8.98. The smallest absolute Gasteiger partial charge is 0.408 e. The van der Waals surface area contributed by atoms with Crippen molar-refractivity contribution in [3.05, 3.63) is 48.0 Å². The molecule has 0 saturated carbocycles. The van der Waals surface area contributed by atoms with Gasteiger partial charge in [0.15, 0.2) is 0 Å². The van der Waals surface area contributed by atoms with E-state index in [2.05, 4.69) is 22.3 Å². The Morgan fingerprint density at radius 2 is 1.85 bits per heavy atom. The van der Waals surface area contributed by atoms with Crippen LogP contribution in [0.1, 0.15) is 44.9 Å². The highest BCUT2D eigenvalue weighted by molar-refractivity contribution is 5.79. The normalized spacial score (nSPS) is 13.1. The first kappa shape index (κ1) is 20.4. The van der Waals surface area contributed by atoms with Gasteiger partial charge in [-0.1, -0.05) is 31.2 Å². The lowest BCUT2D eigenvalue weighted by Gasteiger charge is -2.20. The van der Waals surface area contributed by atoms with Crippen LogP contribution in [0.3, 0.4) is 0 Å². The summed E-state index contributed by atoms with van der Waals surface area (Å²) in [5.74, 6) is -0.629. The molecule has 1 aromatic carbocycles. The van der Waals surface area contributed by atoms with Crippen LogP contribution in [-0.2, 0) is 27.2 Å². The lowest BCUT2D eigenvalue weighted by atomic mass is 10.1. The van der Waals surface area contributed by atoms with Gasteiger partial charge in [0, 0.05) is 0 Å². The highest BCUT2D eigenvalue weighted by atomic mass is 16.6. The largest absolute Gasteiger partial charge is 0.460 e. The molecule has 0 unspecified atom stereocenters. The maximum atomic E-state index is 12.3. The number of rotatable bonds is 8. The molecule has 0 aliphatic rings. The van der Waals surface area contributed by atoms with Gasteiger partial charge in [0.25, 0.3) is 0 Å². The zero-order valence-corrected chi connectivity index (χ0v) is 16.1. The molecule has 8 nitrogen and oxygen atoms in total. The average molecular weight is 374 g/mol. The number of carbonyl (C=O) groups excluding carboxylic acids is 2. The van der Waals surface area contributed by atoms with E-state index in [4.69, 9.17) is 9.47 Å². The van der Waals surface area contributed by atoms with Crippen molar-refractivity contribution in [3.63, 3.8) is 0 Å². The molecule has 8 heteroatoms. The van der Waals surface area contributed by atoms with Crippen LogP contribution in [0.25, 0.3) is 0 Å². The number of carbonyl (C=O) groups is 2. The fourth-order valence-electron chi connectivity index (χ4n) is 2.43. The summed E-state index contributed by atoms with van der Waals surface area (Å²) in [6.45, 7) is 7.41. The van der Waals surface area contributed by atoms with E-state index < -0.39 is 18.2 Å². The molecule has 2 aromatic rings. The van der Waals surface area contributed by atoms with Gasteiger partial charge < -0.3 is 14.8 Å². The second-order valence-corrected chi connectivity index (χ2v) is 6.46. The lowest BCUT2D eigenvalue weighted by Crippen LogP contribution is -2.38. The monoisotopic (exact) mass is 374 g/mol. The van der Waals surface area contributed by atoms with Crippen molar-refractivity contribution in [1.29, 1.82) is 0 Å². The van der Waals surface area contributed by atoms with Crippen molar-refractivity contribution >= 4 is 12.1 Å². The van der Waals surface area contributed by atoms with Crippen LogP contribution in [0.15, 0.2) is 36.9 Å². The molecule has 0 radical (unpaired) electrons. The van der Waals surface area contributed by atoms with Crippen LogP contribution < -0.4 is 5.32 Å². The molecular weight excluding hydrogens is 348 g/mol. The predicted molar refractivity (Wildman–Crippen MR) is 98.9 cm³/mol. The summed E-state index contributed by atoms with van der Waals surface area (Å²) in [6, 6.07) is 7.70. The molecule has 27 heavy (non-hydrogen) atoms. The Balaban J connectivity index is 1.99. The first-order chi connectivity index (χ1) is 12.9. The number of alkyl carbamates (subject to hydrolysis) is 1. The van der Waals surface area contributed by atoms with Crippen molar-refractivity contribution in [1.82, 2.24) is 20.1 Å². The SMILES string of the molecule is CCc1ccc([C@H](C)NC(=O)O[C@H](Cn2cncn2)C(=O)OC(C)C)cc1. The van der Waals surface area contributed by atoms with E-state index in [1.165, 1.54) is 22.9 Å². The second kappa shape index (κ2) is 9.70. The van der Waals surface area contributed by atoms with Crippen LogP contribution in [-0.4, -0.2) is 39.0 Å². The Hall–Kier alpha value is -2.90. The number of benzene rings is 1. The number of aryl methyl sites for hydroxylation is 1. The standard InChI is InChI=1S/C19H26N4O4/c1-5-15-6-8-16(9-7-15)14(4)22-19(25)27-17(18(24)26-13(2)3)10-23-12-20-11-21-23/h6-9,11-14,17H,5,10H2,1-4H3,(H,22,25)/t14-,17+/m0/s1. The zero-order chi connectivity index (χ0) is 19.8. The molecule has 0 fully saturated rings. The van der Waals surface area contributed by atoms with E-state index in [1.807, 2.05) is 31.2 Å². The number of nitrogens with one attached hydrogen (secondary N) is 1. The van der Waals surface area contributed by atoms with Gasteiger partial charge in [-0.25, -0.2) is 19.3 Å². The summed E-state index contributed by atoms with van der Waals surface area (Å²) in [5.41, 5.74) is 2.17. The maximum absolute atomic E-state index is 12.3. The van der Waals surface area contributed by atoms with Crippen LogP contribution in [0.5, 0.6) is 0 Å². The Bertz CT molecular complexity index is 729. The number of hydrogen-bond acceptors (Lipinski definition) is 6. The summed E-state index contributed by atoms with van der Waals surface area (Å²) in [7, 11) is 0. The van der Waals surface area contributed by atoms with Crippen molar-refractivity contribution in [2.24, 2.45) is 0 Å². The quantitative estimate of drug-likeness (QED) is 0.714. The maximum Gasteiger partial charge on any atom is 0.408 e. The van der Waals surface area contributed by atoms with Gasteiger partial charge in [-0.2, -0.15) is 5.10 Å². The van der Waals surface area contributed by atoms with Crippen LogP contribution in [0.4, 0.5) is 4.79 Å². The molecule has 2 rings (SSSR count). The molecule has 0 saturated heterocycles. The molecule has 0 aliphatic heterocycles. The number of hydrogen-bond donors (Lipinski definition) is 1. The molecule has 0 spiro atoms. The van der Waals surface area contributed by atoms with E-state index in [0.717, 1.165) is 12.0 Å². The molecule has 1 N–H and O–H groups in total. The van der Waals surface area contributed by atoms with Crippen molar-refractivity contribution in [2.75, 3.05) is 0 Å². The summed E-state index contributed by atoms with van der Waals surface area (Å²) >= 11 is 0. The summed E-state index contributed by atoms with van der Waals surface area (Å²) in [6.07, 6.45) is 1.59. The molecule has 1 amide bonds. The fourth-order valence-corrected chi connectivity index (χ4v) is 2.43. The van der Waals surface area contributed by atoms with Gasteiger partial charge in [-0.3, -0.25) is 0 Å². The highest BCUT2D eigenvalue weighted by Crippen LogP contribution is 2.14. The highest BCUT2D eigenvalue weighted by Gasteiger charge is 2.27. The van der Waals surface area contributed by atoms with Gasteiger partial charge in [0.05, 0.1) is 18.7 Å². The average Bonchev–Trinajstić information content (AvgIpc) is 3.13. The Morgan fingerprint density at radius 1 is 1.15 bits per heavy atom. The topological polar surface area (TPSA) is 95.3 Å². The number of aromatic nitrogens is 3. The fraction of sp³-hybridized carbons (Fsp3) is 0.474. The molecule has 2 atom stereocenters. The van der Waals surface area contributed by atoms with Crippen molar-refractivity contribution < 1.29 is 19.1 Å². The second-order valence-electron chi connectivity index (χ2n) is 6.46. The molecule has 1 aromatic heterocycles. The first-order valence-electron chi connectivity index (χ1n) is 8.98. The van der Waals surface area contributed by atoms with Gasteiger partial charge >= 0.3 is 12.1 Å². The molecule has 0 bridgehead atoms. The number of ether oxygens (including phenoxy) is 2. The number of esters is 1. The predicted octanol–water partition coefficient (Wildman–Crippen LogP) is 2.65. The third kappa shape index (κ3) is 6.40. The third-order valence-electron chi connectivity index (χ3n) is 3.91. The Kier molecular flexibility index (Phi) is 7.34. The van der Waals surface area contributed by atoms with Crippen molar-refractivity contribution in [2.45, 2.75) is 58.9 Å². The Labute approximate surface area is 158 Å². The molecular formula is C19H26N4O4. The summed E-state index contributed by atoms with van der Waals surface area (Å²) in [5, 5.41) is 6.67. The van der Waals surface area contributed by atoms with Crippen molar-refractivity contribution in [3.8, 4) is 0 Å². The van der Waals surface area contributed by atoms with Crippen LogP contribution in [0.2, 0.25) is 0 Å². The van der Waals surface area contributed by atoms with E-state index in [-0.39, 0.29) is 18.7 Å². The van der Waals surface area contributed by atoms with E-state index in [1.54, 1.807) is 13.8 Å². The summed E-state index contributed by atoms with van der Waals surface area (Å²) in [4.78, 5) is 28.4. The van der Waals surface area contributed by atoms with E-state index >= 15 is 0 Å². The minimum absolute atomic E-state index is 0.0263. The number of nitrogens with zero attached hydrogens (tertiary/aromatic N) is 3. The molecule has 146 valence electrons.